The number of nitrogens with zero attached hydrogens (tertiary/aromatic N) is 6. The second kappa shape index (κ2) is 9.12. The predicted octanol–water partition coefficient (Wildman–Crippen LogP) is 9.96. The van der Waals surface area contributed by atoms with Gasteiger partial charge in [0.25, 0.3) is 0 Å². The fourth-order valence-electron chi connectivity index (χ4n) is 7.97. The van der Waals surface area contributed by atoms with Crippen LogP contribution >= 0.6 is 0 Å². The Morgan fingerprint density at radius 1 is 0.562 bits per heavy atom. The van der Waals surface area contributed by atoms with Gasteiger partial charge in [0.05, 0.1) is 44.7 Å². The highest BCUT2D eigenvalue weighted by molar-refractivity contribution is 6.37. The lowest BCUT2D eigenvalue weighted by atomic mass is 10.00. The number of rotatable bonds is 2. The Labute approximate surface area is 272 Å². The fraction of sp³-hybridized carbons (Fsp3) is 0. The molecule has 5 aromatic heterocycles. The van der Waals surface area contributed by atoms with E-state index in [0.717, 1.165) is 32.9 Å². The van der Waals surface area contributed by atoms with Gasteiger partial charge in [-0.25, -0.2) is 9.97 Å². The standard InChI is InChI=1S/C42H22N6/c43-23-24-9-7-11-26(21-24)38-39-32(15-8-20-44-39)45-42(46-38)48-34-17-6-4-14-29(34)31-22-30-28-13-3-5-16-33(28)47-35-19-18-25-10-1-2-12-27(25)36(35)37(40(30)47)41(31)48/h1-22H. The van der Waals surface area contributed by atoms with Gasteiger partial charge in [0.1, 0.15) is 11.2 Å². The SMILES string of the molecule is N#Cc1cccc(-c2nc(-n3c4ccccc4c4cc5c6ccccc6n6c7ccc8ccccc8c7c(c43)c56)nc3cccnc23)c1. The molecule has 0 radical (unpaired) electrons. The highest BCUT2D eigenvalue weighted by Gasteiger charge is 2.26. The molecule has 0 atom stereocenters. The van der Waals surface area contributed by atoms with Gasteiger partial charge in [0, 0.05) is 44.1 Å². The van der Waals surface area contributed by atoms with Gasteiger partial charge >= 0.3 is 0 Å². The summed E-state index contributed by atoms with van der Waals surface area (Å²) in [5.41, 5.74) is 9.19. The molecule has 6 nitrogen and oxygen atoms in total. The highest BCUT2D eigenvalue weighted by Crippen LogP contribution is 2.47. The lowest BCUT2D eigenvalue weighted by Crippen LogP contribution is -2.04. The molecular weight excluding hydrogens is 589 g/mol. The maximum absolute atomic E-state index is 9.72. The van der Waals surface area contributed by atoms with Gasteiger partial charge in [-0.2, -0.15) is 5.26 Å². The number of hydrogen-bond donors (Lipinski definition) is 0. The Balaban J connectivity index is 1.40. The van der Waals surface area contributed by atoms with Crippen LogP contribution in [0.1, 0.15) is 5.56 Å². The number of nitriles is 1. The third kappa shape index (κ3) is 3.17. The first kappa shape index (κ1) is 25.4. The zero-order valence-electron chi connectivity index (χ0n) is 25.4. The van der Waals surface area contributed by atoms with Crippen LogP contribution < -0.4 is 0 Å². The number of para-hydroxylation sites is 2. The van der Waals surface area contributed by atoms with Crippen LogP contribution in [-0.2, 0) is 0 Å². The topological polar surface area (TPSA) is 71.8 Å². The van der Waals surface area contributed by atoms with Crippen LogP contribution in [0.4, 0.5) is 0 Å². The van der Waals surface area contributed by atoms with Gasteiger partial charge in [-0.15, -0.1) is 0 Å². The van der Waals surface area contributed by atoms with E-state index >= 15 is 0 Å². The predicted molar refractivity (Wildman–Crippen MR) is 194 cm³/mol. The van der Waals surface area contributed by atoms with E-state index in [1.54, 1.807) is 6.20 Å². The molecule has 0 saturated heterocycles. The van der Waals surface area contributed by atoms with Gasteiger partial charge in [0.2, 0.25) is 5.95 Å². The van der Waals surface area contributed by atoms with E-state index in [0.29, 0.717) is 22.7 Å². The number of pyridine rings is 1. The van der Waals surface area contributed by atoms with E-state index < -0.39 is 0 Å². The summed E-state index contributed by atoms with van der Waals surface area (Å²) in [6, 6.07) is 46.5. The number of aromatic nitrogens is 5. The average molecular weight is 611 g/mol. The van der Waals surface area contributed by atoms with Gasteiger partial charge in [0.15, 0.2) is 0 Å². The van der Waals surface area contributed by atoms with E-state index in [4.69, 9.17) is 15.0 Å². The summed E-state index contributed by atoms with van der Waals surface area (Å²) >= 11 is 0. The fourth-order valence-corrected chi connectivity index (χ4v) is 7.97. The van der Waals surface area contributed by atoms with E-state index in [2.05, 4.69) is 106 Å². The minimum absolute atomic E-state index is 0.561. The number of hydrogen-bond acceptors (Lipinski definition) is 4. The van der Waals surface area contributed by atoms with Crippen LogP contribution in [0.25, 0.3) is 98.9 Å². The first-order valence-electron chi connectivity index (χ1n) is 15.9. The number of benzene rings is 6. The summed E-state index contributed by atoms with van der Waals surface area (Å²) in [6.07, 6.45) is 1.77. The maximum Gasteiger partial charge on any atom is 0.235 e. The largest absolute Gasteiger partial charge is 0.308 e. The Hall–Kier alpha value is -6.84. The molecule has 6 aromatic carbocycles. The smallest absolute Gasteiger partial charge is 0.235 e. The van der Waals surface area contributed by atoms with Gasteiger partial charge < -0.3 is 4.40 Å². The van der Waals surface area contributed by atoms with E-state index in [1.165, 1.54) is 48.9 Å². The van der Waals surface area contributed by atoms with Crippen molar-refractivity contribution in [1.29, 1.82) is 5.26 Å². The minimum atomic E-state index is 0.561. The maximum atomic E-state index is 9.72. The van der Waals surface area contributed by atoms with Crippen molar-refractivity contribution in [1.82, 2.24) is 23.9 Å². The Morgan fingerprint density at radius 2 is 1.33 bits per heavy atom. The average Bonchev–Trinajstić information content (AvgIpc) is 3.79. The van der Waals surface area contributed by atoms with Crippen molar-refractivity contribution in [3.63, 3.8) is 0 Å². The first-order chi connectivity index (χ1) is 23.8. The third-order valence-electron chi connectivity index (χ3n) is 9.90. The molecular formula is C42H22N6. The van der Waals surface area contributed by atoms with E-state index in [9.17, 15) is 5.26 Å². The van der Waals surface area contributed by atoms with E-state index in [-0.39, 0.29) is 0 Å². The zero-order chi connectivity index (χ0) is 31.5. The van der Waals surface area contributed by atoms with Crippen LogP contribution in [-0.4, -0.2) is 23.9 Å². The Morgan fingerprint density at radius 3 is 2.21 bits per heavy atom. The molecule has 0 saturated carbocycles. The van der Waals surface area contributed by atoms with Crippen LogP contribution in [0, 0.1) is 11.3 Å². The third-order valence-corrected chi connectivity index (χ3v) is 9.90. The zero-order valence-corrected chi connectivity index (χ0v) is 25.4. The van der Waals surface area contributed by atoms with Gasteiger partial charge in [-0.3, -0.25) is 9.55 Å². The molecule has 0 spiro atoms. The molecule has 0 amide bonds. The summed E-state index contributed by atoms with van der Waals surface area (Å²) in [6.45, 7) is 0. The van der Waals surface area contributed by atoms with Crippen LogP contribution in [0.3, 0.4) is 0 Å². The minimum Gasteiger partial charge on any atom is -0.308 e. The molecule has 0 N–H and O–H groups in total. The van der Waals surface area contributed by atoms with Crippen molar-refractivity contribution >= 4 is 81.7 Å². The first-order valence-corrected chi connectivity index (χ1v) is 15.9. The molecule has 48 heavy (non-hydrogen) atoms. The number of fused-ring (bicyclic) bond motifs is 13. The van der Waals surface area contributed by atoms with Gasteiger partial charge in [-0.1, -0.05) is 78.9 Å². The van der Waals surface area contributed by atoms with Crippen LogP contribution in [0.5, 0.6) is 0 Å². The lowest BCUT2D eigenvalue weighted by Gasteiger charge is -2.12. The second-order valence-electron chi connectivity index (χ2n) is 12.4. The molecule has 0 aliphatic rings. The summed E-state index contributed by atoms with van der Waals surface area (Å²) in [5, 5.41) is 19.3. The van der Waals surface area contributed by atoms with E-state index in [1.807, 2.05) is 36.4 Å². The van der Waals surface area contributed by atoms with Crippen molar-refractivity contribution < 1.29 is 0 Å². The monoisotopic (exact) mass is 610 g/mol. The molecule has 0 aliphatic heterocycles. The van der Waals surface area contributed by atoms with Crippen molar-refractivity contribution in [2.45, 2.75) is 0 Å². The summed E-state index contributed by atoms with van der Waals surface area (Å²) in [7, 11) is 0. The van der Waals surface area contributed by atoms with Gasteiger partial charge in [-0.05, 0) is 59.3 Å². The molecule has 6 heteroatoms. The molecule has 220 valence electrons. The van der Waals surface area contributed by atoms with Crippen molar-refractivity contribution in [2.75, 3.05) is 0 Å². The molecule has 0 unspecified atom stereocenters. The normalized spacial score (nSPS) is 12.1. The van der Waals surface area contributed by atoms with Crippen molar-refractivity contribution in [3.8, 4) is 23.3 Å². The van der Waals surface area contributed by atoms with Crippen molar-refractivity contribution in [3.05, 3.63) is 139 Å². The molecule has 0 fully saturated rings. The summed E-state index contributed by atoms with van der Waals surface area (Å²) in [5.74, 6) is 0.561. The molecule has 11 rings (SSSR count). The quantitative estimate of drug-likeness (QED) is 0.195. The summed E-state index contributed by atoms with van der Waals surface area (Å²) in [4.78, 5) is 15.2. The summed E-state index contributed by atoms with van der Waals surface area (Å²) < 4.78 is 4.68. The Bertz CT molecular complexity index is 3200. The van der Waals surface area contributed by atoms with Crippen LogP contribution in [0.15, 0.2) is 134 Å². The lowest BCUT2D eigenvalue weighted by molar-refractivity contribution is 1.01. The molecule has 0 aliphatic carbocycles. The Kier molecular flexibility index (Phi) is 4.82. The molecule has 11 aromatic rings. The van der Waals surface area contributed by atoms with Crippen LogP contribution in [0.2, 0.25) is 0 Å². The highest BCUT2D eigenvalue weighted by atomic mass is 15.2. The second-order valence-corrected chi connectivity index (χ2v) is 12.4. The molecule has 0 bridgehead atoms. The van der Waals surface area contributed by atoms with Crippen molar-refractivity contribution in [2.24, 2.45) is 0 Å². The molecule has 5 heterocycles.